The van der Waals surface area contributed by atoms with E-state index in [-0.39, 0.29) is 31.9 Å². The van der Waals surface area contributed by atoms with E-state index in [9.17, 15) is 24.6 Å². The summed E-state index contributed by atoms with van der Waals surface area (Å²) in [5, 5.41) is 21.7. The average Bonchev–Trinajstić information content (AvgIpc) is 3.34. The third-order valence-electron chi connectivity index (χ3n) is 6.19. The van der Waals surface area contributed by atoms with E-state index in [0.29, 0.717) is 0 Å². The molecule has 1 aliphatic carbocycles. The monoisotopic (exact) mass is 438 g/mol. The van der Waals surface area contributed by atoms with Gasteiger partial charge in [-0.2, -0.15) is 0 Å². The lowest BCUT2D eigenvalue weighted by atomic mass is 9.98. The molecular formula is C24H26N2O6. The number of alkyl carbamates (subject to hydrolysis) is 1. The Hall–Kier alpha value is -3.39. The molecule has 2 aromatic rings. The van der Waals surface area contributed by atoms with Gasteiger partial charge in [0.1, 0.15) is 18.7 Å². The highest BCUT2D eigenvalue weighted by Crippen LogP contribution is 2.44. The average molecular weight is 438 g/mol. The number of carboxylic acids is 1. The minimum absolute atomic E-state index is 0.0253. The standard InChI is InChI=1S/C24H26N2O6/c1-2-20(22(28)26-12-14(27)11-21(26)23(29)30)25-24(31)32-13-19-17-9-5-3-7-15(17)16-8-4-6-10-18(16)19/h3-10,14,19-21,27H,2,11-13H2,1H3,(H,25,31)(H,29,30)/t14?,20-,21?/m1/s1. The van der Waals surface area contributed by atoms with Gasteiger partial charge in [-0.25, -0.2) is 9.59 Å². The second-order valence-electron chi connectivity index (χ2n) is 8.16. The number of hydrogen-bond acceptors (Lipinski definition) is 5. The zero-order chi connectivity index (χ0) is 22.8. The van der Waals surface area contributed by atoms with Crippen molar-refractivity contribution in [3.05, 3.63) is 59.7 Å². The van der Waals surface area contributed by atoms with Crippen LogP contribution in [0.3, 0.4) is 0 Å². The van der Waals surface area contributed by atoms with Crippen LogP contribution in [0.25, 0.3) is 11.1 Å². The fourth-order valence-corrected chi connectivity index (χ4v) is 4.61. The summed E-state index contributed by atoms with van der Waals surface area (Å²) in [4.78, 5) is 37.9. The Balaban J connectivity index is 1.41. The van der Waals surface area contributed by atoms with Crippen LogP contribution in [0.5, 0.6) is 0 Å². The molecule has 32 heavy (non-hydrogen) atoms. The number of rotatable bonds is 6. The Morgan fingerprint density at radius 3 is 2.25 bits per heavy atom. The van der Waals surface area contributed by atoms with Gasteiger partial charge in [0.2, 0.25) is 5.91 Å². The molecule has 0 saturated carbocycles. The van der Waals surface area contributed by atoms with E-state index < -0.39 is 36.2 Å². The number of β-amino-alcohol motifs (C(OH)–C–C–N with tert-alkyl or cyclic N) is 1. The molecule has 0 aromatic heterocycles. The maximum Gasteiger partial charge on any atom is 0.407 e. The van der Waals surface area contributed by atoms with Gasteiger partial charge in [-0.05, 0) is 28.7 Å². The number of benzene rings is 2. The Kier molecular flexibility index (Phi) is 6.14. The third-order valence-corrected chi connectivity index (χ3v) is 6.19. The quantitative estimate of drug-likeness (QED) is 0.638. The first-order chi connectivity index (χ1) is 15.4. The van der Waals surface area contributed by atoms with Gasteiger partial charge in [-0.3, -0.25) is 4.79 Å². The van der Waals surface area contributed by atoms with Gasteiger partial charge >= 0.3 is 12.1 Å². The Morgan fingerprint density at radius 1 is 1.09 bits per heavy atom. The second-order valence-corrected chi connectivity index (χ2v) is 8.16. The fourth-order valence-electron chi connectivity index (χ4n) is 4.61. The molecule has 8 heteroatoms. The number of aliphatic hydroxyl groups excluding tert-OH is 1. The number of amides is 2. The second kappa shape index (κ2) is 9.00. The van der Waals surface area contributed by atoms with E-state index in [1.165, 1.54) is 0 Å². The summed E-state index contributed by atoms with van der Waals surface area (Å²) < 4.78 is 5.49. The summed E-state index contributed by atoms with van der Waals surface area (Å²) in [5.74, 6) is -1.81. The number of aliphatic carboxylic acids is 1. The number of likely N-dealkylation sites (tertiary alicyclic amines) is 1. The third kappa shape index (κ3) is 4.05. The van der Waals surface area contributed by atoms with Gasteiger partial charge in [-0.15, -0.1) is 0 Å². The molecule has 1 fully saturated rings. The molecule has 1 aliphatic heterocycles. The fraction of sp³-hybridized carbons (Fsp3) is 0.375. The molecule has 2 aliphatic rings. The molecule has 3 atom stereocenters. The molecule has 0 radical (unpaired) electrons. The molecule has 168 valence electrons. The van der Waals surface area contributed by atoms with E-state index >= 15 is 0 Å². The molecule has 0 spiro atoms. The molecule has 2 amide bonds. The summed E-state index contributed by atoms with van der Waals surface area (Å²) in [7, 11) is 0. The maximum atomic E-state index is 12.8. The molecule has 0 bridgehead atoms. The first kappa shape index (κ1) is 21.8. The minimum atomic E-state index is -1.18. The lowest BCUT2D eigenvalue weighted by Gasteiger charge is -2.26. The number of aliphatic hydroxyl groups is 1. The first-order valence-electron chi connectivity index (χ1n) is 10.7. The zero-order valence-electron chi connectivity index (χ0n) is 17.7. The number of carbonyl (C=O) groups is 3. The van der Waals surface area contributed by atoms with Gasteiger partial charge in [0.25, 0.3) is 0 Å². The van der Waals surface area contributed by atoms with Crippen LogP contribution in [0.1, 0.15) is 36.8 Å². The number of hydrogen-bond donors (Lipinski definition) is 3. The molecular weight excluding hydrogens is 412 g/mol. The van der Waals surface area contributed by atoms with E-state index in [4.69, 9.17) is 4.74 Å². The number of nitrogens with zero attached hydrogens (tertiary/aromatic N) is 1. The van der Waals surface area contributed by atoms with Crippen molar-refractivity contribution in [1.82, 2.24) is 10.2 Å². The Morgan fingerprint density at radius 2 is 1.69 bits per heavy atom. The van der Waals surface area contributed by atoms with Crippen LogP contribution in [0.15, 0.2) is 48.5 Å². The summed E-state index contributed by atoms with van der Waals surface area (Å²) in [6.07, 6.45) is -1.39. The van der Waals surface area contributed by atoms with Gasteiger partial charge in [0, 0.05) is 18.9 Å². The van der Waals surface area contributed by atoms with Crippen molar-refractivity contribution in [2.24, 2.45) is 0 Å². The van der Waals surface area contributed by atoms with Crippen molar-refractivity contribution in [3.63, 3.8) is 0 Å². The lowest BCUT2D eigenvalue weighted by molar-refractivity contribution is -0.149. The van der Waals surface area contributed by atoms with E-state index in [1.54, 1.807) is 6.92 Å². The van der Waals surface area contributed by atoms with Crippen LogP contribution in [-0.4, -0.2) is 64.4 Å². The van der Waals surface area contributed by atoms with E-state index in [0.717, 1.165) is 27.2 Å². The Labute approximate surface area is 185 Å². The van der Waals surface area contributed by atoms with Crippen molar-refractivity contribution in [2.45, 2.75) is 43.9 Å². The van der Waals surface area contributed by atoms with Gasteiger partial charge in [0.15, 0.2) is 0 Å². The summed E-state index contributed by atoms with van der Waals surface area (Å²) in [6.45, 7) is 1.76. The smallest absolute Gasteiger partial charge is 0.407 e. The molecule has 1 saturated heterocycles. The lowest BCUT2D eigenvalue weighted by Crippen LogP contribution is -2.51. The number of fused-ring (bicyclic) bond motifs is 3. The van der Waals surface area contributed by atoms with Crippen molar-refractivity contribution in [2.75, 3.05) is 13.2 Å². The summed E-state index contributed by atoms with van der Waals surface area (Å²) in [6, 6.07) is 13.9. The largest absolute Gasteiger partial charge is 0.480 e. The van der Waals surface area contributed by atoms with Gasteiger partial charge in [-0.1, -0.05) is 55.5 Å². The number of nitrogens with one attached hydrogen (secondary N) is 1. The minimum Gasteiger partial charge on any atom is -0.480 e. The maximum absolute atomic E-state index is 12.8. The van der Waals surface area contributed by atoms with Crippen LogP contribution in [-0.2, 0) is 14.3 Å². The predicted molar refractivity (Wildman–Crippen MR) is 116 cm³/mol. The van der Waals surface area contributed by atoms with Crippen LogP contribution in [0.4, 0.5) is 4.79 Å². The van der Waals surface area contributed by atoms with Crippen molar-refractivity contribution >= 4 is 18.0 Å². The van der Waals surface area contributed by atoms with Crippen molar-refractivity contribution in [1.29, 1.82) is 0 Å². The topological polar surface area (TPSA) is 116 Å². The van der Waals surface area contributed by atoms with Crippen LogP contribution < -0.4 is 5.32 Å². The Bertz CT molecular complexity index is 993. The number of carboxylic acid groups (broad SMARTS) is 1. The van der Waals surface area contributed by atoms with E-state index in [1.807, 2.05) is 48.5 Å². The molecule has 8 nitrogen and oxygen atoms in total. The van der Waals surface area contributed by atoms with Gasteiger partial charge < -0.3 is 25.2 Å². The van der Waals surface area contributed by atoms with E-state index in [2.05, 4.69) is 5.32 Å². The molecule has 3 N–H and O–H groups in total. The highest BCUT2D eigenvalue weighted by molar-refractivity contribution is 5.90. The zero-order valence-corrected chi connectivity index (χ0v) is 17.7. The van der Waals surface area contributed by atoms with Gasteiger partial charge in [0.05, 0.1) is 6.10 Å². The molecule has 1 heterocycles. The molecule has 2 unspecified atom stereocenters. The highest BCUT2D eigenvalue weighted by atomic mass is 16.5. The van der Waals surface area contributed by atoms with Crippen molar-refractivity contribution in [3.8, 4) is 11.1 Å². The molecule has 4 rings (SSSR count). The first-order valence-corrected chi connectivity index (χ1v) is 10.7. The SMILES string of the molecule is CC[C@@H](NC(=O)OCC1c2ccccc2-c2ccccc21)C(=O)N1CC(O)CC1C(=O)O. The normalized spacial score (nSPS) is 20.4. The predicted octanol–water partition coefficient (Wildman–Crippen LogP) is 2.35. The number of ether oxygens (including phenoxy) is 1. The van der Waals surface area contributed by atoms with Crippen LogP contribution in [0.2, 0.25) is 0 Å². The molecule has 2 aromatic carbocycles. The van der Waals surface area contributed by atoms with Crippen molar-refractivity contribution < 1.29 is 29.3 Å². The van der Waals surface area contributed by atoms with Crippen LogP contribution >= 0.6 is 0 Å². The van der Waals surface area contributed by atoms with Crippen LogP contribution in [0, 0.1) is 0 Å². The summed E-state index contributed by atoms with van der Waals surface area (Å²) >= 11 is 0. The summed E-state index contributed by atoms with van der Waals surface area (Å²) in [5.41, 5.74) is 4.40. The number of carbonyl (C=O) groups excluding carboxylic acids is 2. The highest BCUT2D eigenvalue weighted by Gasteiger charge is 2.41.